The lowest BCUT2D eigenvalue weighted by Gasteiger charge is -2.11. The number of aromatic nitrogens is 3. The first-order valence-corrected chi connectivity index (χ1v) is 11.2. The van der Waals surface area contributed by atoms with Gasteiger partial charge in [-0.1, -0.05) is 47.1 Å². The molecule has 31 heavy (non-hydrogen) atoms. The first-order chi connectivity index (χ1) is 14.9. The highest BCUT2D eigenvalue weighted by Crippen LogP contribution is 2.23. The number of hydrogen-bond donors (Lipinski definition) is 1. The van der Waals surface area contributed by atoms with Gasteiger partial charge in [0.25, 0.3) is 0 Å². The zero-order chi connectivity index (χ0) is 22.4. The predicted molar refractivity (Wildman–Crippen MR) is 126 cm³/mol. The molecule has 0 unspecified atom stereocenters. The summed E-state index contributed by atoms with van der Waals surface area (Å²) >= 11 is 7.39. The molecule has 2 aromatic carbocycles. The second-order valence-electron chi connectivity index (χ2n) is 7.15. The van der Waals surface area contributed by atoms with E-state index in [9.17, 15) is 4.79 Å². The smallest absolute Gasteiger partial charge is 0.234 e. The standard InChI is InChI=1S/C23H25ClN4O2S/c1-5-10-28-21(13-30-18-7-8-19(24)16(3)12-18)26-27-23(28)31-14-22(29)25-20-9-6-15(2)11-17(20)4/h5-9,11-12H,1,10,13-14H2,2-4H3,(H,25,29). The van der Waals surface area contributed by atoms with E-state index in [1.165, 1.54) is 11.8 Å². The Bertz CT molecular complexity index is 1100. The Hall–Kier alpha value is -2.77. The number of benzene rings is 2. The van der Waals surface area contributed by atoms with E-state index in [4.69, 9.17) is 16.3 Å². The van der Waals surface area contributed by atoms with Crippen LogP contribution in [-0.2, 0) is 17.9 Å². The van der Waals surface area contributed by atoms with Gasteiger partial charge in [0.05, 0.1) is 5.75 Å². The number of ether oxygens (including phenoxy) is 1. The summed E-state index contributed by atoms with van der Waals surface area (Å²) in [5.74, 6) is 1.49. The van der Waals surface area contributed by atoms with Crippen molar-refractivity contribution in [2.24, 2.45) is 0 Å². The number of hydrogen-bond acceptors (Lipinski definition) is 5. The van der Waals surface area contributed by atoms with Crippen molar-refractivity contribution in [3.8, 4) is 5.75 Å². The number of rotatable bonds is 9. The van der Waals surface area contributed by atoms with Crippen molar-refractivity contribution in [2.45, 2.75) is 39.1 Å². The molecule has 0 saturated heterocycles. The second kappa shape index (κ2) is 10.5. The third-order valence-electron chi connectivity index (χ3n) is 4.59. The average Bonchev–Trinajstić information content (AvgIpc) is 3.11. The monoisotopic (exact) mass is 456 g/mol. The zero-order valence-electron chi connectivity index (χ0n) is 17.8. The number of carbonyl (C=O) groups is 1. The quantitative estimate of drug-likeness (QED) is 0.347. The van der Waals surface area contributed by atoms with E-state index in [-0.39, 0.29) is 18.3 Å². The van der Waals surface area contributed by atoms with Crippen LogP contribution in [0.15, 0.2) is 54.2 Å². The maximum absolute atomic E-state index is 12.4. The van der Waals surface area contributed by atoms with Gasteiger partial charge < -0.3 is 10.1 Å². The number of nitrogens with one attached hydrogen (secondary N) is 1. The zero-order valence-corrected chi connectivity index (χ0v) is 19.4. The summed E-state index contributed by atoms with van der Waals surface area (Å²) in [5, 5.41) is 12.8. The van der Waals surface area contributed by atoms with Crippen LogP contribution >= 0.6 is 23.4 Å². The van der Waals surface area contributed by atoms with Crippen molar-refractivity contribution in [1.29, 1.82) is 0 Å². The van der Waals surface area contributed by atoms with Gasteiger partial charge in [0.1, 0.15) is 12.4 Å². The maximum atomic E-state index is 12.4. The lowest BCUT2D eigenvalue weighted by atomic mass is 10.1. The molecule has 0 fully saturated rings. The minimum absolute atomic E-state index is 0.0976. The van der Waals surface area contributed by atoms with E-state index in [1.54, 1.807) is 12.1 Å². The molecule has 6 nitrogen and oxygen atoms in total. The SMILES string of the molecule is C=CCn1c(COc2ccc(Cl)c(C)c2)nnc1SCC(=O)Nc1ccc(C)cc1C. The Morgan fingerprint density at radius 2 is 2.00 bits per heavy atom. The highest BCUT2D eigenvalue weighted by Gasteiger charge is 2.15. The van der Waals surface area contributed by atoms with E-state index in [0.29, 0.717) is 28.3 Å². The number of thioether (sulfide) groups is 1. The van der Waals surface area contributed by atoms with Gasteiger partial charge in [0.15, 0.2) is 11.0 Å². The van der Waals surface area contributed by atoms with E-state index in [2.05, 4.69) is 22.1 Å². The molecule has 1 heterocycles. The van der Waals surface area contributed by atoms with Crippen LogP contribution in [-0.4, -0.2) is 26.4 Å². The van der Waals surface area contributed by atoms with Gasteiger partial charge in [-0.25, -0.2) is 0 Å². The fourth-order valence-electron chi connectivity index (χ4n) is 2.97. The summed E-state index contributed by atoms with van der Waals surface area (Å²) in [6.07, 6.45) is 1.76. The predicted octanol–water partition coefficient (Wildman–Crippen LogP) is 5.35. The molecule has 8 heteroatoms. The minimum atomic E-state index is -0.0976. The number of amides is 1. The third kappa shape index (κ3) is 6.12. The molecule has 162 valence electrons. The molecule has 0 bridgehead atoms. The number of nitrogens with zero attached hydrogens (tertiary/aromatic N) is 3. The molecule has 0 aliphatic carbocycles. The summed E-state index contributed by atoms with van der Waals surface area (Å²) < 4.78 is 7.74. The van der Waals surface area contributed by atoms with E-state index < -0.39 is 0 Å². The fourth-order valence-corrected chi connectivity index (χ4v) is 3.85. The molecule has 0 aliphatic rings. The first kappa shape index (κ1) is 22.9. The van der Waals surface area contributed by atoms with Gasteiger partial charge in [-0.15, -0.1) is 16.8 Å². The lowest BCUT2D eigenvalue weighted by molar-refractivity contribution is -0.113. The molecular formula is C23H25ClN4O2S. The number of anilines is 1. The lowest BCUT2D eigenvalue weighted by Crippen LogP contribution is -2.15. The molecule has 0 saturated carbocycles. The van der Waals surface area contributed by atoms with Crippen LogP contribution in [0.5, 0.6) is 5.75 Å². The Kier molecular flexibility index (Phi) is 7.76. The van der Waals surface area contributed by atoms with E-state index in [1.807, 2.05) is 55.7 Å². The molecule has 1 amide bonds. The molecule has 0 radical (unpaired) electrons. The molecule has 3 rings (SSSR count). The largest absolute Gasteiger partial charge is 0.486 e. The minimum Gasteiger partial charge on any atom is -0.486 e. The number of halogens is 1. The highest BCUT2D eigenvalue weighted by atomic mass is 35.5. The van der Waals surface area contributed by atoms with Gasteiger partial charge in [-0.2, -0.15) is 0 Å². The number of allylic oxidation sites excluding steroid dienone is 1. The normalized spacial score (nSPS) is 10.7. The summed E-state index contributed by atoms with van der Waals surface area (Å²) in [4.78, 5) is 12.4. The topological polar surface area (TPSA) is 69.0 Å². The van der Waals surface area contributed by atoms with Crippen LogP contribution < -0.4 is 10.1 Å². The summed E-state index contributed by atoms with van der Waals surface area (Å²) in [7, 11) is 0. The van der Waals surface area contributed by atoms with E-state index >= 15 is 0 Å². The Morgan fingerprint density at radius 3 is 2.71 bits per heavy atom. The van der Waals surface area contributed by atoms with Gasteiger partial charge in [0.2, 0.25) is 5.91 Å². The molecule has 1 aromatic heterocycles. The van der Waals surface area contributed by atoms with Crippen LogP contribution in [0.3, 0.4) is 0 Å². The van der Waals surface area contributed by atoms with Crippen LogP contribution in [0.4, 0.5) is 5.69 Å². The van der Waals surface area contributed by atoms with Crippen LogP contribution in [0, 0.1) is 20.8 Å². The van der Waals surface area contributed by atoms with Crippen LogP contribution in [0.1, 0.15) is 22.5 Å². The molecular weight excluding hydrogens is 432 g/mol. The summed E-state index contributed by atoms with van der Waals surface area (Å²) in [5.41, 5.74) is 3.95. The Labute approximate surface area is 191 Å². The van der Waals surface area contributed by atoms with Crippen molar-refractivity contribution >= 4 is 35.0 Å². The van der Waals surface area contributed by atoms with E-state index in [0.717, 1.165) is 22.4 Å². The molecule has 0 atom stereocenters. The van der Waals surface area contributed by atoms with Crippen molar-refractivity contribution < 1.29 is 9.53 Å². The second-order valence-corrected chi connectivity index (χ2v) is 8.50. The maximum Gasteiger partial charge on any atom is 0.234 e. The van der Waals surface area contributed by atoms with Crippen LogP contribution in [0.25, 0.3) is 0 Å². The van der Waals surface area contributed by atoms with Gasteiger partial charge in [-0.05, 0) is 56.2 Å². The summed E-state index contributed by atoms with van der Waals surface area (Å²) in [6, 6.07) is 11.4. The molecule has 0 aliphatic heterocycles. The average molecular weight is 457 g/mol. The highest BCUT2D eigenvalue weighted by molar-refractivity contribution is 7.99. The van der Waals surface area contributed by atoms with Gasteiger partial charge in [0, 0.05) is 17.3 Å². The van der Waals surface area contributed by atoms with Crippen molar-refractivity contribution in [1.82, 2.24) is 14.8 Å². The van der Waals surface area contributed by atoms with Crippen molar-refractivity contribution in [2.75, 3.05) is 11.1 Å². The summed E-state index contributed by atoms with van der Waals surface area (Å²) in [6.45, 7) is 10.5. The fraction of sp³-hybridized carbons (Fsp3) is 0.261. The third-order valence-corrected chi connectivity index (χ3v) is 5.98. The van der Waals surface area contributed by atoms with Crippen molar-refractivity contribution in [3.63, 3.8) is 0 Å². The Morgan fingerprint density at radius 1 is 1.19 bits per heavy atom. The Balaban J connectivity index is 1.63. The first-order valence-electron chi connectivity index (χ1n) is 9.79. The van der Waals surface area contributed by atoms with Crippen molar-refractivity contribution in [3.05, 3.63) is 76.6 Å². The molecule has 1 N–H and O–H groups in total. The number of aryl methyl sites for hydroxylation is 3. The molecule has 0 spiro atoms. The number of carbonyl (C=O) groups excluding carboxylic acids is 1. The van der Waals surface area contributed by atoms with Crippen LogP contribution in [0.2, 0.25) is 5.02 Å². The van der Waals surface area contributed by atoms with Gasteiger partial charge >= 0.3 is 0 Å². The molecule has 3 aromatic rings. The van der Waals surface area contributed by atoms with Gasteiger partial charge in [-0.3, -0.25) is 9.36 Å².